The van der Waals surface area contributed by atoms with Crippen molar-refractivity contribution in [2.75, 3.05) is 16.6 Å². The molecule has 2 N–H and O–H groups in total. The molecule has 2 aromatic heterocycles. The standard InChI is InChI=1S/C21H24N6O2S2/c1-2-3-4-5-8-14-22-20-21(24-16-11-7-6-10-15(16)23-20)27-31(28,29)18-13-9-12-17-19(18)26-30-25-17/h6-7,9-13H,2-5,8,14H2,1H3,(H,22,23)(H,24,27). The number of hydrogen-bond acceptors (Lipinski definition) is 8. The minimum Gasteiger partial charge on any atom is -0.367 e. The SMILES string of the molecule is CCCCCCCNc1nc2ccccc2nc1NS(=O)(=O)c1cccc2nsnc12. The molecule has 0 aliphatic rings. The van der Waals surface area contributed by atoms with Crippen molar-refractivity contribution in [2.24, 2.45) is 0 Å². The molecule has 0 amide bonds. The smallest absolute Gasteiger partial charge is 0.265 e. The van der Waals surface area contributed by atoms with E-state index in [2.05, 4.69) is 35.7 Å². The van der Waals surface area contributed by atoms with Gasteiger partial charge in [-0.25, -0.2) is 18.4 Å². The average molecular weight is 457 g/mol. The van der Waals surface area contributed by atoms with Crippen LogP contribution in [0.1, 0.15) is 39.0 Å². The van der Waals surface area contributed by atoms with Gasteiger partial charge < -0.3 is 5.32 Å². The summed E-state index contributed by atoms with van der Waals surface area (Å²) in [6, 6.07) is 12.3. The van der Waals surface area contributed by atoms with Crippen molar-refractivity contribution in [2.45, 2.75) is 43.9 Å². The predicted molar refractivity (Wildman–Crippen MR) is 125 cm³/mol. The Balaban J connectivity index is 1.63. The topological polar surface area (TPSA) is 110 Å². The van der Waals surface area contributed by atoms with Gasteiger partial charge >= 0.3 is 0 Å². The maximum absolute atomic E-state index is 13.2. The number of para-hydroxylation sites is 2. The molecular formula is C21H24N6O2S2. The molecule has 2 heterocycles. The number of unbranched alkanes of at least 4 members (excludes halogenated alkanes) is 4. The second-order valence-corrected chi connectivity index (χ2v) is 9.42. The van der Waals surface area contributed by atoms with E-state index in [1.807, 2.05) is 18.2 Å². The van der Waals surface area contributed by atoms with Crippen molar-refractivity contribution in [3.05, 3.63) is 42.5 Å². The third-order valence-electron chi connectivity index (χ3n) is 4.91. The van der Waals surface area contributed by atoms with Crippen LogP contribution >= 0.6 is 11.7 Å². The molecule has 0 radical (unpaired) electrons. The zero-order valence-corrected chi connectivity index (χ0v) is 18.8. The third kappa shape index (κ3) is 4.91. The van der Waals surface area contributed by atoms with Crippen LogP contribution in [-0.2, 0) is 10.0 Å². The summed E-state index contributed by atoms with van der Waals surface area (Å²) in [6.45, 7) is 2.88. The summed E-state index contributed by atoms with van der Waals surface area (Å²) < 4.78 is 37.2. The van der Waals surface area contributed by atoms with E-state index >= 15 is 0 Å². The lowest BCUT2D eigenvalue weighted by atomic mass is 10.1. The summed E-state index contributed by atoms with van der Waals surface area (Å²) in [5.41, 5.74) is 2.20. The van der Waals surface area contributed by atoms with Gasteiger partial charge in [-0.1, -0.05) is 50.8 Å². The summed E-state index contributed by atoms with van der Waals surface area (Å²) in [5.74, 6) is 0.591. The fourth-order valence-electron chi connectivity index (χ4n) is 3.31. The van der Waals surface area contributed by atoms with Crippen LogP contribution in [0.25, 0.3) is 22.1 Å². The Hall–Kier alpha value is -2.85. The van der Waals surface area contributed by atoms with E-state index in [9.17, 15) is 8.42 Å². The first-order valence-electron chi connectivity index (χ1n) is 10.3. The largest absolute Gasteiger partial charge is 0.367 e. The molecule has 2 aromatic carbocycles. The van der Waals surface area contributed by atoms with Gasteiger partial charge in [0.2, 0.25) is 0 Å². The third-order valence-corrected chi connectivity index (χ3v) is 6.83. The van der Waals surface area contributed by atoms with Crippen molar-refractivity contribution >= 4 is 55.5 Å². The van der Waals surface area contributed by atoms with E-state index in [0.717, 1.165) is 24.6 Å². The van der Waals surface area contributed by atoms with Crippen molar-refractivity contribution < 1.29 is 8.42 Å². The number of anilines is 2. The summed E-state index contributed by atoms with van der Waals surface area (Å²) in [6.07, 6.45) is 5.69. The molecule has 162 valence electrons. The first-order chi connectivity index (χ1) is 15.1. The molecule has 0 unspecified atom stereocenters. The maximum atomic E-state index is 13.2. The minimum absolute atomic E-state index is 0.0687. The summed E-state index contributed by atoms with van der Waals surface area (Å²) >= 11 is 0.981. The average Bonchev–Trinajstić information content (AvgIpc) is 3.25. The van der Waals surface area contributed by atoms with Crippen molar-refractivity contribution in [3.8, 4) is 0 Å². The fraction of sp³-hybridized carbons (Fsp3) is 0.333. The van der Waals surface area contributed by atoms with E-state index in [4.69, 9.17) is 0 Å². The van der Waals surface area contributed by atoms with Crippen LogP contribution in [-0.4, -0.2) is 33.7 Å². The van der Waals surface area contributed by atoms with E-state index in [0.29, 0.717) is 34.4 Å². The number of nitrogens with one attached hydrogen (secondary N) is 2. The van der Waals surface area contributed by atoms with E-state index in [1.54, 1.807) is 18.2 Å². The zero-order valence-electron chi connectivity index (χ0n) is 17.2. The fourth-order valence-corrected chi connectivity index (χ4v) is 5.09. The Morgan fingerprint density at radius 1 is 0.839 bits per heavy atom. The van der Waals surface area contributed by atoms with Gasteiger partial charge in [0.25, 0.3) is 10.0 Å². The number of sulfonamides is 1. The van der Waals surface area contributed by atoms with Crippen LogP contribution < -0.4 is 10.0 Å². The molecule has 0 saturated carbocycles. The maximum Gasteiger partial charge on any atom is 0.265 e. The number of rotatable bonds is 10. The van der Waals surface area contributed by atoms with Crippen LogP contribution in [0.5, 0.6) is 0 Å². The van der Waals surface area contributed by atoms with Crippen molar-refractivity contribution in [1.29, 1.82) is 0 Å². The number of fused-ring (bicyclic) bond motifs is 2. The van der Waals surface area contributed by atoms with Gasteiger partial charge in [0.1, 0.15) is 15.9 Å². The van der Waals surface area contributed by atoms with Gasteiger partial charge in [0.05, 0.1) is 22.8 Å². The first-order valence-corrected chi connectivity index (χ1v) is 12.5. The Morgan fingerprint density at radius 2 is 1.55 bits per heavy atom. The Morgan fingerprint density at radius 3 is 2.32 bits per heavy atom. The predicted octanol–water partition coefficient (Wildman–Crippen LogP) is 4.82. The van der Waals surface area contributed by atoms with E-state index < -0.39 is 10.0 Å². The summed E-state index contributed by atoms with van der Waals surface area (Å²) in [5, 5.41) is 3.26. The van der Waals surface area contributed by atoms with Gasteiger partial charge in [-0.05, 0) is 30.7 Å². The van der Waals surface area contributed by atoms with Crippen LogP contribution in [0.15, 0.2) is 47.4 Å². The molecule has 0 aliphatic carbocycles. The van der Waals surface area contributed by atoms with Crippen molar-refractivity contribution in [1.82, 2.24) is 18.7 Å². The van der Waals surface area contributed by atoms with Crippen LogP contribution in [0.3, 0.4) is 0 Å². The molecule has 31 heavy (non-hydrogen) atoms. The van der Waals surface area contributed by atoms with Gasteiger partial charge in [-0.3, -0.25) is 4.72 Å². The summed E-state index contributed by atoms with van der Waals surface area (Å²) in [4.78, 5) is 9.21. The highest BCUT2D eigenvalue weighted by Crippen LogP contribution is 2.27. The normalized spacial score (nSPS) is 11.8. The molecule has 4 aromatic rings. The van der Waals surface area contributed by atoms with Gasteiger partial charge in [-0.2, -0.15) is 8.75 Å². The van der Waals surface area contributed by atoms with E-state index in [-0.39, 0.29) is 10.7 Å². The number of benzene rings is 2. The van der Waals surface area contributed by atoms with Gasteiger partial charge in [0.15, 0.2) is 11.6 Å². The van der Waals surface area contributed by atoms with Crippen molar-refractivity contribution in [3.63, 3.8) is 0 Å². The lowest BCUT2D eigenvalue weighted by molar-refractivity contribution is 0.601. The van der Waals surface area contributed by atoms with Gasteiger partial charge in [0, 0.05) is 6.54 Å². The number of hydrogen-bond donors (Lipinski definition) is 2. The highest BCUT2D eigenvalue weighted by Gasteiger charge is 2.22. The van der Waals surface area contributed by atoms with E-state index in [1.165, 1.54) is 25.3 Å². The first kappa shape index (κ1) is 21.4. The van der Waals surface area contributed by atoms with Crippen LogP contribution in [0, 0.1) is 0 Å². The number of nitrogens with zero attached hydrogens (tertiary/aromatic N) is 4. The molecule has 4 rings (SSSR count). The van der Waals surface area contributed by atoms with Crippen LogP contribution in [0.4, 0.5) is 11.6 Å². The highest BCUT2D eigenvalue weighted by molar-refractivity contribution is 7.93. The second kappa shape index (κ2) is 9.52. The van der Waals surface area contributed by atoms with Crippen LogP contribution in [0.2, 0.25) is 0 Å². The lowest BCUT2D eigenvalue weighted by Gasteiger charge is -2.14. The minimum atomic E-state index is -3.93. The number of aromatic nitrogens is 4. The molecule has 10 heteroatoms. The second-order valence-electron chi connectivity index (χ2n) is 7.24. The lowest BCUT2D eigenvalue weighted by Crippen LogP contribution is -2.17. The molecule has 0 fully saturated rings. The van der Waals surface area contributed by atoms with Gasteiger partial charge in [-0.15, -0.1) is 0 Å². The Kier molecular flexibility index (Phi) is 6.57. The Labute approximate surface area is 185 Å². The molecular weight excluding hydrogens is 432 g/mol. The highest BCUT2D eigenvalue weighted by atomic mass is 32.2. The molecule has 0 atom stereocenters. The summed E-state index contributed by atoms with van der Waals surface area (Å²) in [7, 11) is -3.93. The quantitative estimate of drug-likeness (QED) is 0.329. The monoisotopic (exact) mass is 456 g/mol. The molecule has 0 aliphatic heterocycles. The Bertz CT molecular complexity index is 1290. The molecule has 8 nitrogen and oxygen atoms in total. The molecule has 0 bridgehead atoms. The molecule has 0 spiro atoms. The zero-order chi connectivity index (χ0) is 21.7. The molecule has 0 saturated heterocycles.